The molecule has 1 aliphatic rings. The van der Waals surface area contributed by atoms with Gasteiger partial charge in [-0.3, -0.25) is 4.79 Å². The van der Waals surface area contributed by atoms with Crippen molar-refractivity contribution in [2.45, 2.75) is 19.9 Å². The normalized spacial score (nSPS) is 20.5. The molecule has 80 valence electrons. The zero-order valence-corrected chi connectivity index (χ0v) is 8.04. The Morgan fingerprint density at radius 2 is 2.21 bits per heavy atom. The maximum Gasteiger partial charge on any atom is 0.320 e. The summed E-state index contributed by atoms with van der Waals surface area (Å²) >= 11 is 0. The largest absolute Gasteiger partial charge is 0.600 e. The van der Waals surface area contributed by atoms with Crippen molar-refractivity contribution in [1.82, 2.24) is 0 Å². The van der Waals surface area contributed by atoms with Crippen LogP contribution in [-0.2, 0) is 4.79 Å². The molecule has 1 rings (SSSR count). The van der Waals surface area contributed by atoms with Gasteiger partial charge in [0.05, 0.1) is 0 Å². The molecular formula is C7H14N4O3. The summed E-state index contributed by atoms with van der Waals surface area (Å²) in [5, 5.41) is 24.2. The maximum atomic E-state index is 10.0. The second kappa shape index (κ2) is 6.19. The molecule has 0 spiro atoms. The Balaban J connectivity index is 0.000000249. The van der Waals surface area contributed by atoms with E-state index in [1.165, 1.54) is 12.4 Å². The first-order valence-electron chi connectivity index (χ1n) is 4.05. The van der Waals surface area contributed by atoms with E-state index in [1.807, 2.05) is 0 Å². The van der Waals surface area contributed by atoms with Crippen LogP contribution >= 0.6 is 0 Å². The Morgan fingerprint density at radius 3 is 2.29 bits per heavy atom. The van der Waals surface area contributed by atoms with Crippen molar-refractivity contribution in [3.8, 4) is 0 Å². The number of hydrogen-bond donors (Lipinski definition) is 3. The molecule has 0 aliphatic carbocycles. The molecular weight excluding hydrogens is 188 g/mol. The van der Waals surface area contributed by atoms with Gasteiger partial charge in [-0.1, -0.05) is 13.8 Å². The molecule has 0 bridgehead atoms. The predicted octanol–water partition coefficient (Wildman–Crippen LogP) is -0.725. The van der Waals surface area contributed by atoms with E-state index >= 15 is 0 Å². The summed E-state index contributed by atoms with van der Waals surface area (Å²) < 4.78 is 0. The molecule has 0 amide bonds. The van der Waals surface area contributed by atoms with Gasteiger partial charge in [-0.05, 0) is 5.92 Å². The van der Waals surface area contributed by atoms with Gasteiger partial charge in [0.25, 0.3) is 0 Å². The SMILES string of the molecule is CC(C)[C@H](N)C(=O)O.[O-][NH+]1C=CN=N1. The van der Waals surface area contributed by atoms with Crippen LogP contribution in [-0.4, -0.2) is 17.1 Å². The van der Waals surface area contributed by atoms with Crippen molar-refractivity contribution in [2.75, 3.05) is 0 Å². The number of rotatable bonds is 2. The molecule has 0 aromatic carbocycles. The number of nitrogens with one attached hydrogen (secondary N) is 1. The topological polar surface area (TPSA) is 116 Å². The van der Waals surface area contributed by atoms with Gasteiger partial charge in [0.2, 0.25) is 0 Å². The quantitative estimate of drug-likeness (QED) is 0.512. The van der Waals surface area contributed by atoms with E-state index in [-0.39, 0.29) is 11.1 Å². The number of hydroxylamine groups is 1. The highest BCUT2D eigenvalue weighted by molar-refractivity contribution is 5.73. The van der Waals surface area contributed by atoms with Crippen LogP contribution in [0.3, 0.4) is 0 Å². The first-order chi connectivity index (χ1) is 6.45. The van der Waals surface area contributed by atoms with E-state index in [4.69, 9.17) is 10.8 Å². The minimum absolute atomic E-state index is 0.0208. The van der Waals surface area contributed by atoms with Crippen LogP contribution in [0.4, 0.5) is 0 Å². The van der Waals surface area contributed by atoms with Gasteiger partial charge in [-0.15, -0.1) is 5.11 Å². The third kappa shape index (κ3) is 5.36. The lowest BCUT2D eigenvalue weighted by atomic mass is 10.1. The Hall–Kier alpha value is -1.31. The highest BCUT2D eigenvalue weighted by Gasteiger charge is 2.14. The number of carbonyl (C=O) groups is 1. The molecule has 0 saturated carbocycles. The summed E-state index contributed by atoms with van der Waals surface area (Å²) in [6.45, 7) is 3.55. The van der Waals surface area contributed by atoms with Gasteiger partial charge in [0.1, 0.15) is 18.4 Å². The summed E-state index contributed by atoms with van der Waals surface area (Å²) in [5.41, 5.74) is 5.16. The zero-order chi connectivity index (χ0) is 11.1. The number of aliphatic carboxylic acids is 1. The van der Waals surface area contributed by atoms with Crippen LogP contribution in [0, 0.1) is 11.1 Å². The lowest BCUT2D eigenvalue weighted by Crippen LogP contribution is -2.95. The number of quaternary nitrogens is 1. The van der Waals surface area contributed by atoms with Gasteiger partial charge in [0, 0.05) is 5.22 Å². The second-order valence-electron chi connectivity index (χ2n) is 2.98. The van der Waals surface area contributed by atoms with Crippen LogP contribution in [0.15, 0.2) is 22.7 Å². The van der Waals surface area contributed by atoms with E-state index in [1.54, 1.807) is 13.8 Å². The van der Waals surface area contributed by atoms with E-state index in [0.717, 1.165) is 0 Å². The number of carboxylic acids is 1. The number of carboxylic acid groups (broad SMARTS) is 1. The number of nitrogens with two attached hydrogens (primary N) is 1. The first-order valence-corrected chi connectivity index (χ1v) is 4.05. The summed E-state index contributed by atoms with van der Waals surface area (Å²) in [7, 11) is 0. The molecule has 1 heterocycles. The Bertz CT molecular complexity index is 227. The lowest BCUT2D eigenvalue weighted by molar-refractivity contribution is -0.799. The van der Waals surface area contributed by atoms with Crippen molar-refractivity contribution >= 4 is 5.97 Å². The van der Waals surface area contributed by atoms with Gasteiger partial charge in [-0.2, -0.15) is 5.17 Å². The van der Waals surface area contributed by atoms with Crippen LogP contribution < -0.4 is 10.9 Å². The van der Waals surface area contributed by atoms with Crippen LogP contribution in [0.5, 0.6) is 0 Å². The summed E-state index contributed by atoms with van der Waals surface area (Å²) in [5.74, 6) is -0.910. The van der Waals surface area contributed by atoms with E-state index in [0.29, 0.717) is 0 Å². The van der Waals surface area contributed by atoms with Crippen LogP contribution in [0.2, 0.25) is 0 Å². The number of hydrogen-bond acceptors (Lipinski definition) is 5. The third-order valence-corrected chi connectivity index (χ3v) is 1.44. The highest BCUT2D eigenvalue weighted by atomic mass is 16.5. The van der Waals surface area contributed by atoms with Crippen molar-refractivity contribution in [3.63, 3.8) is 0 Å². The maximum absolute atomic E-state index is 10.0. The van der Waals surface area contributed by atoms with E-state index in [2.05, 4.69) is 10.3 Å². The minimum Gasteiger partial charge on any atom is -0.600 e. The molecule has 0 radical (unpaired) electrons. The zero-order valence-electron chi connectivity index (χ0n) is 8.04. The molecule has 0 saturated heterocycles. The first kappa shape index (κ1) is 12.7. The van der Waals surface area contributed by atoms with Crippen molar-refractivity contribution in [2.24, 2.45) is 22.0 Å². The van der Waals surface area contributed by atoms with Crippen molar-refractivity contribution in [1.29, 1.82) is 0 Å². The fourth-order valence-corrected chi connectivity index (χ4v) is 0.506. The smallest absolute Gasteiger partial charge is 0.320 e. The molecule has 0 aromatic heterocycles. The van der Waals surface area contributed by atoms with E-state index < -0.39 is 12.0 Å². The average molecular weight is 202 g/mol. The van der Waals surface area contributed by atoms with Gasteiger partial charge < -0.3 is 16.0 Å². The van der Waals surface area contributed by atoms with Crippen molar-refractivity contribution in [3.05, 3.63) is 17.6 Å². The Kier molecular flexibility index (Phi) is 5.61. The van der Waals surface area contributed by atoms with Crippen LogP contribution in [0.1, 0.15) is 13.8 Å². The summed E-state index contributed by atoms with van der Waals surface area (Å²) in [6.07, 6.45) is 2.67. The highest BCUT2D eigenvalue weighted by Crippen LogP contribution is 1.96. The van der Waals surface area contributed by atoms with E-state index in [9.17, 15) is 10.0 Å². The molecule has 7 nitrogen and oxygen atoms in total. The summed E-state index contributed by atoms with van der Waals surface area (Å²) in [6, 6.07) is -0.713. The molecule has 0 aromatic rings. The molecule has 0 fully saturated rings. The third-order valence-electron chi connectivity index (χ3n) is 1.44. The fraction of sp³-hybridized carbons (Fsp3) is 0.571. The number of nitrogens with zero attached hydrogens (tertiary/aromatic N) is 2. The Labute approximate surface area is 81.5 Å². The molecule has 14 heavy (non-hydrogen) atoms. The monoisotopic (exact) mass is 202 g/mol. The fourth-order valence-electron chi connectivity index (χ4n) is 0.506. The van der Waals surface area contributed by atoms with Gasteiger partial charge in [-0.25, -0.2) is 0 Å². The predicted molar refractivity (Wildman–Crippen MR) is 48.8 cm³/mol. The molecule has 1 unspecified atom stereocenters. The second-order valence-corrected chi connectivity index (χ2v) is 2.98. The Morgan fingerprint density at radius 1 is 1.64 bits per heavy atom. The minimum atomic E-state index is -0.931. The lowest BCUT2D eigenvalue weighted by Gasteiger charge is -2.07. The summed E-state index contributed by atoms with van der Waals surface area (Å²) in [4.78, 5) is 10.0. The van der Waals surface area contributed by atoms with Crippen LogP contribution in [0.25, 0.3) is 0 Å². The molecule has 7 heteroatoms. The van der Waals surface area contributed by atoms with Gasteiger partial charge in [0.15, 0.2) is 0 Å². The average Bonchev–Trinajstić information content (AvgIpc) is 2.55. The van der Waals surface area contributed by atoms with Crippen molar-refractivity contribution < 1.29 is 15.1 Å². The standard InChI is InChI=1S/C5H11NO2.C2H3N3O/c1-3(2)4(6)5(7)8;6-5-2-1-3-4-5/h3-4H,6H2,1-2H3,(H,7,8);1-2,5H/t4-;/m0./s1. The molecule has 2 atom stereocenters. The molecule has 4 N–H and O–H groups in total. The van der Waals surface area contributed by atoms with Gasteiger partial charge >= 0.3 is 5.97 Å². The molecule has 1 aliphatic heterocycles.